The summed E-state index contributed by atoms with van der Waals surface area (Å²) in [4.78, 5) is 24.4. The molecule has 8 aromatic carbocycles. The van der Waals surface area contributed by atoms with Crippen LogP contribution < -0.4 is 22.8 Å². The molecule has 1 fully saturated rings. The van der Waals surface area contributed by atoms with Gasteiger partial charge in [-0.1, -0.05) is 218 Å². The lowest BCUT2D eigenvalue weighted by molar-refractivity contribution is -0.665. The minimum atomic E-state index is -0.233. The summed E-state index contributed by atoms with van der Waals surface area (Å²) in [5.41, 5.74) is 45.3. The van der Waals surface area contributed by atoms with Gasteiger partial charge in [0.1, 0.15) is 41.1 Å². The van der Waals surface area contributed by atoms with Gasteiger partial charge in [-0.3, -0.25) is 24.9 Å². The van der Waals surface area contributed by atoms with E-state index in [4.69, 9.17) is 31.8 Å². The normalized spacial score (nSPS) is 12.8. The number of halogens is 1. The minimum absolute atomic E-state index is 0.0784. The number of hydrogen-bond donors (Lipinski definition) is 0. The predicted molar refractivity (Wildman–Crippen MR) is 595 cm³/mol. The average Bonchev–Trinajstić information content (AvgIpc) is 1.23. The van der Waals surface area contributed by atoms with E-state index in [0.717, 1.165) is 145 Å². The zero-order chi connectivity index (χ0) is 107. The monoisotopic (exact) mass is 1890 g/mol. The predicted octanol–water partition coefficient (Wildman–Crippen LogP) is 31.7. The van der Waals surface area contributed by atoms with Gasteiger partial charge in [0, 0.05) is 98.9 Å². The highest BCUT2D eigenvalue weighted by Crippen LogP contribution is 2.44. The Morgan fingerprint density at radius 2 is 0.549 bits per heavy atom. The molecule has 0 aliphatic heterocycles. The van der Waals surface area contributed by atoms with Crippen LogP contribution in [0.5, 0.6) is 0 Å². The molecule has 10 heterocycles. The number of pyridine rings is 10. The molecule has 0 N–H and O–H groups in total. The molecule has 142 heavy (non-hydrogen) atoms. The standard InChI is InChI=1S/2C27H29N2.C26H26FN2.C26H33N2.C25H33N2/c2*1-17(2)25-13-12-23-26(28-25)15-19(4)29(6)27(23)24-16-22(14-18(3)20(24)5)21-10-8-7-9-11-21;1-16(2)24-12-11-20-25(28-24)14-18(4)29(5)26(20)21-15-22(23(27)13-17(21)3)19-9-7-6-8-10-19;1-16(2)24-12-11-22-25(27-24)14-18(4)28(6)26(22)23-15-21(13-17(3)19(23)5)20-9-7-8-10-20;1-15(2)22-11-10-20-23(26-22)13-17(4)27(9)24(20)21-14-19(25(6,7)8)12-16(3)18(21)5/h2*7-17H,1-6H3;6-16H,1-5H3;11-16,20H,7-10H2,1-6H3;10-15H,1-9H3/q5*+1/i2*15D;2*14D;13D. The lowest BCUT2D eigenvalue weighted by Crippen LogP contribution is -2.35. The molecule has 0 radical (unpaired) electrons. The number of hydrogen-bond acceptors (Lipinski definition) is 5. The van der Waals surface area contributed by atoms with Gasteiger partial charge in [0.15, 0.2) is 28.5 Å². The Morgan fingerprint density at radius 3 is 0.845 bits per heavy atom. The van der Waals surface area contributed by atoms with Crippen molar-refractivity contribution in [3.63, 3.8) is 0 Å². The Morgan fingerprint density at radius 1 is 0.282 bits per heavy atom. The Balaban J connectivity index is 0.000000138. The lowest BCUT2D eigenvalue weighted by atomic mass is 9.83. The molecule has 18 aromatic rings. The van der Waals surface area contributed by atoms with Crippen molar-refractivity contribution in [1.29, 1.82) is 0 Å². The quantitative estimate of drug-likeness (QED) is 0.101. The summed E-state index contributed by atoms with van der Waals surface area (Å²) < 4.78 is 69.0. The first-order chi connectivity index (χ1) is 69.6. The molecule has 10 aromatic heterocycles. The van der Waals surface area contributed by atoms with E-state index < -0.39 is 0 Å². The molecule has 1 saturated carbocycles. The molecule has 726 valence electrons. The summed E-state index contributed by atoms with van der Waals surface area (Å²) in [7, 11) is 10.2. The molecule has 19 rings (SSSR count). The van der Waals surface area contributed by atoms with Crippen molar-refractivity contribution in [1.82, 2.24) is 24.9 Å². The Kier molecular flexibility index (Phi) is 28.9. The van der Waals surface area contributed by atoms with E-state index in [1.54, 1.807) is 6.07 Å². The summed E-state index contributed by atoms with van der Waals surface area (Å²) in [6.07, 6.45) is 5.30. The molecule has 0 amide bonds. The Labute approximate surface area is 853 Å². The average molecular weight is 1890 g/mol. The molecule has 0 unspecified atom stereocenters. The maximum atomic E-state index is 14.9. The van der Waals surface area contributed by atoms with Crippen molar-refractivity contribution in [3.05, 3.63) is 366 Å². The first-order valence-corrected chi connectivity index (χ1v) is 51.0. The molecule has 0 atom stereocenters. The molecule has 1 aliphatic rings. The van der Waals surface area contributed by atoms with Crippen molar-refractivity contribution in [3.8, 4) is 89.7 Å². The van der Waals surface area contributed by atoms with Gasteiger partial charge in [-0.15, -0.1) is 0 Å². The third-order valence-electron chi connectivity index (χ3n) is 29.8. The Hall–Kier alpha value is -13.5. The number of rotatable bonds is 14. The highest BCUT2D eigenvalue weighted by Gasteiger charge is 2.32. The number of benzene rings is 8. The molecule has 11 heteroatoms. The third kappa shape index (κ3) is 21.5. The van der Waals surface area contributed by atoms with Crippen LogP contribution in [0.4, 0.5) is 4.39 Å². The van der Waals surface area contributed by atoms with Crippen LogP contribution in [-0.2, 0) is 40.7 Å². The first kappa shape index (κ1) is 96.0. The van der Waals surface area contributed by atoms with Crippen LogP contribution in [0.25, 0.3) is 144 Å². The van der Waals surface area contributed by atoms with E-state index in [1.165, 1.54) is 132 Å². The van der Waals surface area contributed by atoms with Gasteiger partial charge in [-0.2, -0.15) is 22.8 Å². The maximum Gasteiger partial charge on any atom is 0.222 e. The highest BCUT2D eigenvalue weighted by atomic mass is 19.1. The smallest absolute Gasteiger partial charge is 0.222 e. The van der Waals surface area contributed by atoms with Crippen molar-refractivity contribution in [2.75, 3.05) is 0 Å². The summed E-state index contributed by atoms with van der Waals surface area (Å²) in [5, 5.41) is 5.11. The molecule has 1 aliphatic carbocycles. The van der Waals surface area contributed by atoms with E-state index in [1.807, 2.05) is 108 Å². The maximum absolute atomic E-state index is 14.9. The summed E-state index contributed by atoms with van der Waals surface area (Å²) >= 11 is 0. The summed E-state index contributed by atoms with van der Waals surface area (Å²) in [6.45, 7) is 57.7. The van der Waals surface area contributed by atoms with Crippen LogP contribution >= 0.6 is 0 Å². The molecular formula is C131H150FN10+5. The van der Waals surface area contributed by atoms with Gasteiger partial charge in [-0.05, 0) is 302 Å². The second kappa shape index (κ2) is 42.7. The fourth-order valence-electron chi connectivity index (χ4n) is 19.8. The molecule has 10 nitrogen and oxygen atoms in total. The number of aryl methyl sites for hydroxylation is 5. The van der Waals surface area contributed by atoms with Gasteiger partial charge >= 0.3 is 0 Å². The Bertz CT molecular complexity index is 7950. The van der Waals surface area contributed by atoms with Crippen molar-refractivity contribution < 1.29 is 34.1 Å². The second-order valence-electron chi connectivity index (χ2n) is 42.4. The van der Waals surface area contributed by atoms with Crippen LogP contribution in [0.1, 0.15) is 276 Å². The SMILES string of the molecule is [2H]c1c(C)[n+](C)c(-c2cc(-c3ccccc3)c(F)cc2C)c2ccc(C(C)C)nc12.[2H]c1c(C)[n+](C)c(-c2cc(-c3ccccc3)cc(C)c2C)c2ccc(C(C)C)nc12.[2H]c1c(C)[n+](C)c(-c2cc(-c3ccccc3)cc(C)c2C)c2ccc(C(C)C)nc12.[2H]c1c(C)[n+](C)c(-c2cc(C(C)(C)C)cc(C)c2C)c2ccc(C(C)C)nc12.[2H]c1c(C)[n+](C)c(-c2cc(C3CCCC3)cc(C)c2C)c2ccc(C(C)C)nc12. The lowest BCUT2D eigenvalue weighted by Gasteiger charge is -2.22. The molecule has 0 spiro atoms. The minimum Gasteiger partial charge on any atom is -0.252 e. The van der Waals surface area contributed by atoms with E-state index in [0.29, 0.717) is 70.9 Å². The van der Waals surface area contributed by atoms with Gasteiger partial charge in [0.25, 0.3) is 0 Å². The molecule has 0 bridgehead atoms. The zero-order valence-electron chi connectivity index (χ0n) is 95.3. The van der Waals surface area contributed by atoms with E-state index in [2.05, 4.69) is 344 Å². The van der Waals surface area contributed by atoms with E-state index >= 15 is 0 Å². The topological polar surface area (TPSA) is 83.9 Å². The van der Waals surface area contributed by atoms with Crippen molar-refractivity contribution in [2.24, 2.45) is 35.2 Å². The summed E-state index contributed by atoms with van der Waals surface area (Å²) in [6, 6.07) is 76.4. The zero-order valence-corrected chi connectivity index (χ0v) is 90.3. The molecule has 0 saturated heterocycles. The van der Waals surface area contributed by atoms with Crippen LogP contribution in [-0.4, -0.2) is 24.9 Å². The van der Waals surface area contributed by atoms with Crippen LogP contribution in [0.15, 0.2) is 243 Å². The number of fused-ring (bicyclic) bond motifs is 5. The van der Waals surface area contributed by atoms with Crippen molar-refractivity contribution in [2.45, 2.75) is 254 Å². The van der Waals surface area contributed by atoms with E-state index in [9.17, 15) is 4.39 Å². The number of nitrogens with zero attached hydrogens (tertiary/aromatic N) is 10. The first-order valence-electron chi connectivity index (χ1n) is 53.5. The fourth-order valence-corrected chi connectivity index (χ4v) is 19.8. The van der Waals surface area contributed by atoms with Crippen LogP contribution in [0, 0.1) is 103 Å². The van der Waals surface area contributed by atoms with Gasteiger partial charge in [-0.25, -0.2) is 4.39 Å². The summed E-state index contributed by atoms with van der Waals surface area (Å²) in [5.74, 6) is 2.09. The second-order valence-corrected chi connectivity index (χ2v) is 42.4. The molecular weight excluding hydrogens is 1730 g/mol. The van der Waals surface area contributed by atoms with Crippen LogP contribution in [0.2, 0.25) is 0 Å². The fraction of sp³-hybridized carbons (Fsp3) is 0.328. The largest absolute Gasteiger partial charge is 0.252 e. The third-order valence-corrected chi connectivity index (χ3v) is 29.8. The van der Waals surface area contributed by atoms with Crippen LogP contribution in [0.3, 0.4) is 0 Å². The van der Waals surface area contributed by atoms with Gasteiger partial charge in [0.2, 0.25) is 28.5 Å². The highest BCUT2D eigenvalue weighted by molar-refractivity contribution is 5.98. The van der Waals surface area contributed by atoms with Crippen molar-refractivity contribution >= 4 is 54.5 Å². The van der Waals surface area contributed by atoms with Gasteiger partial charge < -0.3 is 0 Å². The van der Waals surface area contributed by atoms with E-state index in [-0.39, 0.29) is 17.2 Å². The number of aromatic nitrogens is 10. The van der Waals surface area contributed by atoms with Gasteiger partial charge in [0.05, 0.1) is 89.2 Å².